The van der Waals surface area contributed by atoms with Crippen LogP contribution in [0.15, 0.2) is 24.3 Å². The molecule has 1 saturated heterocycles. The average Bonchev–Trinajstić information content (AvgIpc) is 3.38. The molecule has 1 aliphatic heterocycles. The minimum atomic E-state index is -0.411. The van der Waals surface area contributed by atoms with Crippen LogP contribution in [0.2, 0.25) is 0 Å². The largest absolute Gasteiger partial charge is 0.338 e. The first-order valence-electron chi connectivity index (χ1n) is 8.17. The number of carbonyl (C=O) groups is 2. The van der Waals surface area contributed by atoms with E-state index in [1.54, 1.807) is 15.9 Å². The number of nitrogens with one attached hydrogen (secondary N) is 1. The van der Waals surface area contributed by atoms with Crippen LogP contribution >= 0.6 is 0 Å². The Kier molecular flexibility index (Phi) is 4.91. The third-order valence-electron chi connectivity index (χ3n) is 4.40. The van der Waals surface area contributed by atoms with Crippen molar-refractivity contribution in [3.8, 4) is 0 Å². The van der Waals surface area contributed by atoms with E-state index in [0.717, 1.165) is 12.5 Å². The van der Waals surface area contributed by atoms with Crippen LogP contribution in [0.3, 0.4) is 0 Å². The number of amides is 2. The van der Waals surface area contributed by atoms with E-state index in [1.807, 2.05) is 0 Å². The number of hydrogen-bond donors (Lipinski definition) is 1. The summed E-state index contributed by atoms with van der Waals surface area (Å²) in [6, 6.07) is 5.72. The molecule has 0 unspecified atom stereocenters. The summed E-state index contributed by atoms with van der Waals surface area (Å²) in [5.41, 5.74) is 0.357. The predicted molar refractivity (Wildman–Crippen MR) is 84.5 cm³/mol. The standard InChI is InChI=1S/C17H22FN3O2/c18-15-3-1-2-14(10-15)17(23)21-8-6-20(7-9-21)16(22)12-19-11-13-4-5-13/h1-3,10,13,19H,4-9,11-12H2. The van der Waals surface area contributed by atoms with Crippen LogP contribution < -0.4 is 5.32 Å². The van der Waals surface area contributed by atoms with Crippen molar-refractivity contribution in [1.29, 1.82) is 0 Å². The zero-order valence-electron chi connectivity index (χ0n) is 13.1. The molecule has 2 aliphatic rings. The fraction of sp³-hybridized carbons (Fsp3) is 0.529. The predicted octanol–water partition coefficient (Wildman–Crippen LogP) is 1.11. The summed E-state index contributed by atoms with van der Waals surface area (Å²) in [6.45, 7) is 3.33. The lowest BCUT2D eigenvalue weighted by molar-refractivity contribution is -0.131. The number of nitrogens with zero attached hydrogens (tertiary/aromatic N) is 2. The Morgan fingerprint density at radius 1 is 1.13 bits per heavy atom. The van der Waals surface area contributed by atoms with Crippen LogP contribution in [0.4, 0.5) is 4.39 Å². The highest BCUT2D eigenvalue weighted by Gasteiger charge is 2.25. The van der Waals surface area contributed by atoms with Gasteiger partial charge in [-0.25, -0.2) is 4.39 Å². The van der Waals surface area contributed by atoms with Gasteiger partial charge in [0.15, 0.2) is 0 Å². The van der Waals surface area contributed by atoms with Crippen molar-refractivity contribution >= 4 is 11.8 Å². The Balaban J connectivity index is 1.45. The van der Waals surface area contributed by atoms with Gasteiger partial charge in [0.2, 0.25) is 5.91 Å². The number of piperazine rings is 1. The van der Waals surface area contributed by atoms with E-state index in [4.69, 9.17) is 0 Å². The van der Waals surface area contributed by atoms with Gasteiger partial charge in [-0.15, -0.1) is 0 Å². The van der Waals surface area contributed by atoms with E-state index in [0.29, 0.717) is 38.3 Å². The fourth-order valence-corrected chi connectivity index (χ4v) is 2.78. The van der Waals surface area contributed by atoms with Crippen LogP contribution in [0, 0.1) is 11.7 Å². The molecule has 0 atom stereocenters. The van der Waals surface area contributed by atoms with Crippen molar-refractivity contribution in [2.45, 2.75) is 12.8 Å². The van der Waals surface area contributed by atoms with Gasteiger partial charge in [-0.1, -0.05) is 6.07 Å². The minimum Gasteiger partial charge on any atom is -0.338 e. The number of hydrogen-bond acceptors (Lipinski definition) is 3. The second-order valence-electron chi connectivity index (χ2n) is 6.26. The van der Waals surface area contributed by atoms with Crippen LogP contribution in [0.1, 0.15) is 23.2 Å². The average molecular weight is 319 g/mol. The van der Waals surface area contributed by atoms with Crippen LogP contribution in [-0.4, -0.2) is 60.9 Å². The molecule has 2 amide bonds. The maximum atomic E-state index is 13.2. The molecule has 1 aromatic rings. The second kappa shape index (κ2) is 7.08. The molecule has 2 fully saturated rings. The zero-order chi connectivity index (χ0) is 16.2. The maximum Gasteiger partial charge on any atom is 0.254 e. The molecule has 5 nitrogen and oxygen atoms in total. The summed E-state index contributed by atoms with van der Waals surface area (Å²) >= 11 is 0. The molecular weight excluding hydrogens is 297 g/mol. The molecule has 1 aliphatic carbocycles. The summed E-state index contributed by atoms with van der Waals surface area (Å²) in [4.78, 5) is 27.9. The molecular formula is C17H22FN3O2. The van der Waals surface area contributed by atoms with E-state index in [1.165, 1.54) is 31.0 Å². The lowest BCUT2D eigenvalue weighted by atomic mass is 10.1. The van der Waals surface area contributed by atoms with Crippen molar-refractivity contribution in [2.24, 2.45) is 5.92 Å². The Labute approximate surface area is 135 Å². The molecule has 1 aromatic carbocycles. The summed E-state index contributed by atoms with van der Waals surface area (Å²) in [7, 11) is 0. The molecule has 0 aromatic heterocycles. The van der Waals surface area contributed by atoms with Gasteiger partial charge in [-0.3, -0.25) is 9.59 Å². The molecule has 0 radical (unpaired) electrons. The third-order valence-corrected chi connectivity index (χ3v) is 4.40. The molecule has 1 heterocycles. The highest BCUT2D eigenvalue weighted by molar-refractivity contribution is 5.94. The van der Waals surface area contributed by atoms with Gasteiger partial charge in [0.1, 0.15) is 5.82 Å². The minimum absolute atomic E-state index is 0.0866. The molecule has 1 saturated carbocycles. The monoisotopic (exact) mass is 319 g/mol. The lowest BCUT2D eigenvalue weighted by Crippen LogP contribution is -2.52. The maximum absolute atomic E-state index is 13.2. The first kappa shape index (κ1) is 15.9. The molecule has 3 rings (SSSR count). The van der Waals surface area contributed by atoms with E-state index >= 15 is 0 Å². The first-order valence-corrected chi connectivity index (χ1v) is 8.17. The van der Waals surface area contributed by atoms with Gasteiger partial charge in [0.25, 0.3) is 5.91 Å². The molecule has 0 spiro atoms. The van der Waals surface area contributed by atoms with Gasteiger partial charge in [-0.05, 0) is 43.5 Å². The Hall–Kier alpha value is -1.95. The molecule has 0 bridgehead atoms. The van der Waals surface area contributed by atoms with Crippen LogP contribution in [0.5, 0.6) is 0 Å². The molecule has 1 N–H and O–H groups in total. The summed E-state index contributed by atoms with van der Waals surface area (Å²) in [5, 5.41) is 3.20. The highest BCUT2D eigenvalue weighted by atomic mass is 19.1. The summed E-state index contributed by atoms with van der Waals surface area (Å²) in [5.74, 6) is 0.252. The van der Waals surface area contributed by atoms with Crippen molar-refractivity contribution in [1.82, 2.24) is 15.1 Å². The lowest BCUT2D eigenvalue weighted by Gasteiger charge is -2.35. The van der Waals surface area contributed by atoms with Gasteiger partial charge in [0, 0.05) is 31.7 Å². The normalized spacial score (nSPS) is 18.1. The first-order chi connectivity index (χ1) is 11.1. The van der Waals surface area contributed by atoms with Gasteiger partial charge in [-0.2, -0.15) is 0 Å². The Bertz CT molecular complexity index is 581. The van der Waals surface area contributed by atoms with Gasteiger partial charge in [0.05, 0.1) is 6.54 Å². The fourth-order valence-electron chi connectivity index (χ4n) is 2.78. The molecule has 23 heavy (non-hydrogen) atoms. The van der Waals surface area contributed by atoms with Gasteiger partial charge < -0.3 is 15.1 Å². The third kappa shape index (κ3) is 4.28. The van der Waals surface area contributed by atoms with E-state index < -0.39 is 5.82 Å². The second-order valence-corrected chi connectivity index (χ2v) is 6.26. The van der Waals surface area contributed by atoms with Crippen molar-refractivity contribution < 1.29 is 14.0 Å². The molecule has 124 valence electrons. The summed E-state index contributed by atoms with van der Waals surface area (Å²) in [6.07, 6.45) is 2.53. The number of carbonyl (C=O) groups excluding carboxylic acids is 2. The highest BCUT2D eigenvalue weighted by Crippen LogP contribution is 2.27. The van der Waals surface area contributed by atoms with E-state index in [2.05, 4.69) is 5.32 Å². The molecule has 6 heteroatoms. The topological polar surface area (TPSA) is 52.7 Å². The van der Waals surface area contributed by atoms with Crippen LogP contribution in [-0.2, 0) is 4.79 Å². The number of benzene rings is 1. The number of halogens is 1. The Morgan fingerprint density at radius 3 is 2.48 bits per heavy atom. The van der Waals surface area contributed by atoms with Crippen molar-refractivity contribution in [2.75, 3.05) is 39.3 Å². The quantitative estimate of drug-likeness (QED) is 0.884. The zero-order valence-corrected chi connectivity index (χ0v) is 13.1. The van der Waals surface area contributed by atoms with Crippen molar-refractivity contribution in [3.63, 3.8) is 0 Å². The van der Waals surface area contributed by atoms with Crippen LogP contribution in [0.25, 0.3) is 0 Å². The number of rotatable bonds is 5. The van der Waals surface area contributed by atoms with Gasteiger partial charge >= 0.3 is 0 Å². The van der Waals surface area contributed by atoms with Crippen molar-refractivity contribution in [3.05, 3.63) is 35.6 Å². The van der Waals surface area contributed by atoms with E-state index in [-0.39, 0.29) is 11.8 Å². The van der Waals surface area contributed by atoms with E-state index in [9.17, 15) is 14.0 Å². The SMILES string of the molecule is O=C(CNCC1CC1)N1CCN(C(=O)c2cccc(F)c2)CC1. The summed E-state index contributed by atoms with van der Waals surface area (Å²) < 4.78 is 13.2. The smallest absolute Gasteiger partial charge is 0.254 e. The Morgan fingerprint density at radius 2 is 1.83 bits per heavy atom.